The highest BCUT2D eigenvalue weighted by molar-refractivity contribution is 5.77. The van der Waals surface area contributed by atoms with E-state index in [-0.39, 0.29) is 5.79 Å². The van der Waals surface area contributed by atoms with E-state index in [1.165, 1.54) is 26.3 Å². The Hall–Kier alpha value is -1.50. The van der Waals surface area contributed by atoms with Gasteiger partial charge in [-0.15, -0.1) is 0 Å². The molecule has 0 bridgehead atoms. The van der Waals surface area contributed by atoms with Crippen molar-refractivity contribution in [1.82, 2.24) is 15.0 Å². The Kier molecular flexibility index (Phi) is 6.10. The van der Waals surface area contributed by atoms with Crippen LogP contribution in [0.4, 0.5) is 0 Å². The molecule has 2 aromatic rings. The van der Waals surface area contributed by atoms with Gasteiger partial charge in [-0.2, -0.15) is 0 Å². The van der Waals surface area contributed by atoms with Crippen molar-refractivity contribution in [3.05, 3.63) is 24.3 Å². The number of aryl methyl sites for hydroxylation is 1. The summed E-state index contributed by atoms with van der Waals surface area (Å²) in [5, 5.41) is 1.13. The molecule has 0 radical (unpaired) electrons. The molecule has 2 aromatic heterocycles. The van der Waals surface area contributed by atoms with E-state index < -0.39 is 0 Å². The molecule has 1 aliphatic heterocycles. The monoisotopic (exact) mass is 320 g/mol. The van der Waals surface area contributed by atoms with Gasteiger partial charge in [0.1, 0.15) is 12.0 Å². The zero-order valence-electron chi connectivity index (χ0n) is 14.5. The molecule has 2 fully saturated rings. The van der Waals surface area contributed by atoms with Gasteiger partial charge in [0.05, 0.1) is 17.9 Å². The molecule has 6 heteroatoms. The minimum Gasteiger partial charge on any atom is -0.346 e. The van der Waals surface area contributed by atoms with Crippen molar-refractivity contribution in [3.63, 3.8) is 0 Å². The maximum absolute atomic E-state index is 5.65. The lowest BCUT2D eigenvalue weighted by Gasteiger charge is -2.17. The first-order chi connectivity index (χ1) is 11.1. The Morgan fingerprint density at radius 2 is 1.87 bits per heavy atom. The summed E-state index contributed by atoms with van der Waals surface area (Å²) in [6.07, 6.45) is 8.88. The Morgan fingerprint density at radius 1 is 1.22 bits per heavy atom. The fourth-order valence-corrected chi connectivity index (χ4v) is 3.13. The Balaban J connectivity index is 0.000000152. The van der Waals surface area contributed by atoms with E-state index in [1.54, 1.807) is 6.33 Å². The predicted molar refractivity (Wildman–Crippen MR) is 91.1 cm³/mol. The molecule has 23 heavy (non-hydrogen) atoms. The molecular formula is C17H28N4O2. The number of fused-ring (bicyclic) bond motifs is 2. The van der Waals surface area contributed by atoms with Crippen molar-refractivity contribution in [1.29, 1.82) is 0 Å². The summed E-state index contributed by atoms with van der Waals surface area (Å²) in [6.45, 7) is 6.07. The van der Waals surface area contributed by atoms with Crippen LogP contribution in [-0.4, -0.2) is 40.0 Å². The van der Waals surface area contributed by atoms with Crippen LogP contribution in [0.25, 0.3) is 11.0 Å². The summed E-state index contributed by atoms with van der Waals surface area (Å²) in [6, 6.07) is 2.01. The summed E-state index contributed by atoms with van der Waals surface area (Å²) in [5.74, 6) is -0.310. The molecule has 4 rings (SSSR count). The standard InChI is InChI=1S/C8H9N3.C8H14O2.CH5N/c1-2-7-6-3-4-9-8(6)11-5-10-7;1-8(2)9-6-4-3-5-7(6)10-8;1-2/h3-5H,2H2,1H3,(H,9,10,11);6-7H,3-5H2,1-2H3;2H2,1H3. The molecule has 2 unspecified atom stereocenters. The Labute approximate surface area is 137 Å². The summed E-state index contributed by atoms with van der Waals surface area (Å²) in [5.41, 5.74) is 6.54. The zero-order valence-corrected chi connectivity index (χ0v) is 14.5. The van der Waals surface area contributed by atoms with E-state index in [2.05, 4.69) is 27.6 Å². The lowest BCUT2D eigenvalue weighted by molar-refractivity contribution is -0.151. The first-order valence-electron chi connectivity index (χ1n) is 8.29. The maximum atomic E-state index is 5.65. The lowest BCUT2D eigenvalue weighted by atomic mass is 10.2. The van der Waals surface area contributed by atoms with Crippen LogP contribution in [0, 0.1) is 0 Å². The molecule has 1 aliphatic carbocycles. The van der Waals surface area contributed by atoms with Gasteiger partial charge in [-0.1, -0.05) is 6.92 Å². The van der Waals surface area contributed by atoms with Gasteiger partial charge >= 0.3 is 0 Å². The molecule has 0 amide bonds. The average molecular weight is 320 g/mol. The van der Waals surface area contributed by atoms with Crippen LogP contribution in [0.3, 0.4) is 0 Å². The largest absolute Gasteiger partial charge is 0.346 e. The molecule has 1 saturated carbocycles. The third-order valence-electron chi connectivity index (χ3n) is 4.03. The molecule has 2 aliphatic rings. The number of H-pyrrole nitrogens is 1. The molecule has 0 spiro atoms. The Morgan fingerprint density at radius 3 is 2.48 bits per heavy atom. The number of rotatable bonds is 1. The molecule has 0 aromatic carbocycles. The summed E-state index contributed by atoms with van der Waals surface area (Å²) < 4.78 is 11.3. The second-order valence-corrected chi connectivity index (χ2v) is 6.06. The summed E-state index contributed by atoms with van der Waals surface area (Å²) >= 11 is 0. The third kappa shape index (κ3) is 4.28. The van der Waals surface area contributed by atoms with Gasteiger partial charge in [0, 0.05) is 11.6 Å². The van der Waals surface area contributed by atoms with Crippen molar-refractivity contribution in [3.8, 4) is 0 Å². The topological polar surface area (TPSA) is 86.0 Å². The maximum Gasteiger partial charge on any atom is 0.163 e. The zero-order chi connectivity index (χ0) is 16.9. The molecule has 3 heterocycles. The normalized spacial score (nSPS) is 24.4. The number of hydrogen-bond donors (Lipinski definition) is 2. The smallest absolute Gasteiger partial charge is 0.163 e. The van der Waals surface area contributed by atoms with Gasteiger partial charge in [-0.05, 0) is 52.6 Å². The molecule has 3 N–H and O–H groups in total. The van der Waals surface area contributed by atoms with Gasteiger partial charge in [0.2, 0.25) is 0 Å². The van der Waals surface area contributed by atoms with Crippen LogP contribution in [0.15, 0.2) is 18.6 Å². The van der Waals surface area contributed by atoms with E-state index in [1.807, 2.05) is 26.1 Å². The van der Waals surface area contributed by atoms with Crippen LogP contribution in [0.5, 0.6) is 0 Å². The van der Waals surface area contributed by atoms with Crippen LogP contribution in [-0.2, 0) is 15.9 Å². The molecule has 128 valence electrons. The van der Waals surface area contributed by atoms with Crippen LogP contribution < -0.4 is 5.73 Å². The van der Waals surface area contributed by atoms with E-state index >= 15 is 0 Å². The number of aromatic amines is 1. The van der Waals surface area contributed by atoms with E-state index in [0.717, 1.165) is 23.1 Å². The van der Waals surface area contributed by atoms with Crippen molar-refractivity contribution in [2.75, 3.05) is 7.05 Å². The van der Waals surface area contributed by atoms with Gasteiger partial charge in [0.25, 0.3) is 0 Å². The highest BCUT2D eigenvalue weighted by atomic mass is 16.8. The highest BCUT2D eigenvalue weighted by Gasteiger charge is 2.43. The van der Waals surface area contributed by atoms with Crippen LogP contribution in [0.2, 0.25) is 0 Å². The first-order valence-corrected chi connectivity index (χ1v) is 8.29. The second kappa shape index (κ2) is 7.86. The number of nitrogens with zero attached hydrogens (tertiary/aromatic N) is 2. The van der Waals surface area contributed by atoms with E-state index in [4.69, 9.17) is 9.47 Å². The number of nitrogens with two attached hydrogens (primary N) is 1. The minimum atomic E-state index is -0.310. The predicted octanol–water partition coefficient (Wildman–Crippen LogP) is 2.79. The Bertz CT molecular complexity index is 597. The quantitative estimate of drug-likeness (QED) is 0.844. The van der Waals surface area contributed by atoms with E-state index in [0.29, 0.717) is 12.2 Å². The summed E-state index contributed by atoms with van der Waals surface area (Å²) in [4.78, 5) is 11.3. The second-order valence-electron chi connectivity index (χ2n) is 6.06. The van der Waals surface area contributed by atoms with Gasteiger partial charge in [0.15, 0.2) is 5.79 Å². The van der Waals surface area contributed by atoms with Crippen molar-refractivity contribution in [2.24, 2.45) is 5.73 Å². The first kappa shape index (κ1) is 17.8. The highest BCUT2D eigenvalue weighted by Crippen LogP contribution is 2.37. The molecule has 2 atom stereocenters. The number of hydrogen-bond acceptors (Lipinski definition) is 5. The van der Waals surface area contributed by atoms with Crippen molar-refractivity contribution < 1.29 is 9.47 Å². The number of ether oxygens (including phenoxy) is 2. The van der Waals surface area contributed by atoms with Gasteiger partial charge in [-0.25, -0.2) is 9.97 Å². The average Bonchev–Trinajstić information content (AvgIpc) is 3.23. The fraction of sp³-hybridized carbons (Fsp3) is 0.647. The minimum absolute atomic E-state index is 0.310. The number of aromatic nitrogens is 3. The van der Waals surface area contributed by atoms with Crippen LogP contribution >= 0.6 is 0 Å². The van der Waals surface area contributed by atoms with Crippen molar-refractivity contribution >= 4 is 11.0 Å². The third-order valence-corrected chi connectivity index (χ3v) is 4.03. The summed E-state index contributed by atoms with van der Waals surface area (Å²) in [7, 11) is 1.50. The van der Waals surface area contributed by atoms with Crippen molar-refractivity contribution in [2.45, 2.75) is 64.4 Å². The molecule has 6 nitrogen and oxygen atoms in total. The molecular weight excluding hydrogens is 292 g/mol. The van der Waals surface area contributed by atoms with Crippen LogP contribution in [0.1, 0.15) is 45.7 Å². The van der Waals surface area contributed by atoms with Gasteiger partial charge in [-0.3, -0.25) is 0 Å². The molecule has 1 saturated heterocycles. The fourth-order valence-electron chi connectivity index (χ4n) is 3.13. The lowest BCUT2D eigenvalue weighted by Crippen LogP contribution is -2.21. The van der Waals surface area contributed by atoms with E-state index in [9.17, 15) is 0 Å². The number of nitrogens with one attached hydrogen (secondary N) is 1. The van der Waals surface area contributed by atoms with Gasteiger partial charge < -0.3 is 20.2 Å². The SMILES string of the molecule is CC1(C)OC2CCCC2O1.CCc1ncnc2[nH]ccc12.CN.